The molecule has 23 heavy (non-hydrogen) atoms. The molecule has 0 unspecified atom stereocenters. The molecule has 1 N–H and O–H groups in total. The van der Waals surface area contributed by atoms with Gasteiger partial charge in [-0.1, -0.05) is 32.9 Å². The van der Waals surface area contributed by atoms with E-state index < -0.39 is 0 Å². The standard InChI is InChI=1S/C18H23N3O2/c1-18(2,3)14-7-9-16(10-8-14)23-13-17(22)20-19-12-15-6-5-11-21(15)4/h5-12H,13H2,1-4H3,(H,20,22)/b19-12+. The molecule has 2 rings (SSSR count). The van der Waals surface area contributed by atoms with Crippen molar-refractivity contribution in [2.24, 2.45) is 12.1 Å². The maximum absolute atomic E-state index is 11.7. The Kier molecular flexibility index (Phi) is 5.21. The summed E-state index contributed by atoms with van der Waals surface area (Å²) >= 11 is 0. The number of hydrazone groups is 1. The Labute approximate surface area is 137 Å². The number of hydrogen-bond donors (Lipinski definition) is 1. The molecule has 122 valence electrons. The number of carbonyl (C=O) groups is 1. The van der Waals surface area contributed by atoms with Crippen molar-refractivity contribution in [1.82, 2.24) is 9.99 Å². The van der Waals surface area contributed by atoms with E-state index in [0.717, 1.165) is 5.69 Å². The number of benzene rings is 1. The van der Waals surface area contributed by atoms with Gasteiger partial charge >= 0.3 is 0 Å². The fraction of sp³-hybridized carbons (Fsp3) is 0.333. The summed E-state index contributed by atoms with van der Waals surface area (Å²) in [5.74, 6) is 0.370. The van der Waals surface area contributed by atoms with Crippen LogP contribution in [-0.4, -0.2) is 23.3 Å². The summed E-state index contributed by atoms with van der Waals surface area (Å²) in [4.78, 5) is 11.7. The molecular formula is C18H23N3O2. The van der Waals surface area contributed by atoms with Gasteiger partial charge in [0.2, 0.25) is 0 Å². The summed E-state index contributed by atoms with van der Waals surface area (Å²) in [6.07, 6.45) is 3.50. The van der Waals surface area contributed by atoms with Crippen LogP contribution in [0.1, 0.15) is 32.0 Å². The smallest absolute Gasteiger partial charge is 0.277 e. The summed E-state index contributed by atoms with van der Waals surface area (Å²) in [7, 11) is 1.91. The second-order valence-corrected chi connectivity index (χ2v) is 6.40. The molecule has 1 aromatic carbocycles. The summed E-state index contributed by atoms with van der Waals surface area (Å²) in [6.45, 7) is 6.39. The normalized spacial score (nSPS) is 11.7. The van der Waals surface area contributed by atoms with E-state index in [9.17, 15) is 4.79 Å². The Morgan fingerprint density at radius 1 is 1.26 bits per heavy atom. The van der Waals surface area contributed by atoms with Gasteiger partial charge in [0.25, 0.3) is 5.91 Å². The molecule has 0 bridgehead atoms. The third-order valence-corrected chi connectivity index (χ3v) is 3.46. The molecule has 5 heteroatoms. The number of nitrogens with one attached hydrogen (secondary N) is 1. The van der Waals surface area contributed by atoms with Gasteiger partial charge in [-0.15, -0.1) is 0 Å². The molecule has 0 aliphatic rings. The van der Waals surface area contributed by atoms with Crippen LogP contribution in [0.3, 0.4) is 0 Å². The number of hydrogen-bond acceptors (Lipinski definition) is 3. The van der Waals surface area contributed by atoms with Gasteiger partial charge in [0.05, 0.1) is 11.9 Å². The number of carbonyl (C=O) groups excluding carboxylic acids is 1. The van der Waals surface area contributed by atoms with Gasteiger partial charge in [-0.2, -0.15) is 5.10 Å². The molecule has 0 radical (unpaired) electrons. The number of ether oxygens (including phenoxy) is 1. The quantitative estimate of drug-likeness (QED) is 0.681. The van der Waals surface area contributed by atoms with Crippen LogP contribution in [0.2, 0.25) is 0 Å². The average molecular weight is 313 g/mol. The predicted octanol–water partition coefficient (Wildman–Crippen LogP) is 2.85. The Morgan fingerprint density at radius 3 is 2.52 bits per heavy atom. The largest absolute Gasteiger partial charge is 0.484 e. The van der Waals surface area contributed by atoms with Crippen molar-refractivity contribution < 1.29 is 9.53 Å². The third-order valence-electron chi connectivity index (χ3n) is 3.46. The average Bonchev–Trinajstić information content (AvgIpc) is 2.90. The van der Waals surface area contributed by atoms with Crippen LogP contribution >= 0.6 is 0 Å². The highest BCUT2D eigenvalue weighted by molar-refractivity contribution is 5.81. The van der Waals surface area contributed by atoms with Gasteiger partial charge in [0.1, 0.15) is 5.75 Å². The van der Waals surface area contributed by atoms with Gasteiger partial charge in [-0.25, -0.2) is 5.43 Å². The zero-order valence-corrected chi connectivity index (χ0v) is 14.0. The second-order valence-electron chi connectivity index (χ2n) is 6.40. The van der Waals surface area contributed by atoms with E-state index in [1.54, 1.807) is 6.21 Å². The molecule has 0 aliphatic heterocycles. The van der Waals surface area contributed by atoms with Crippen molar-refractivity contribution in [3.63, 3.8) is 0 Å². The lowest BCUT2D eigenvalue weighted by Crippen LogP contribution is -2.24. The van der Waals surface area contributed by atoms with Gasteiger partial charge in [0, 0.05) is 13.2 Å². The molecule has 2 aromatic rings. The molecule has 5 nitrogen and oxygen atoms in total. The Balaban J connectivity index is 1.80. The van der Waals surface area contributed by atoms with Gasteiger partial charge in [-0.3, -0.25) is 4.79 Å². The van der Waals surface area contributed by atoms with E-state index in [2.05, 4.69) is 31.3 Å². The van der Waals surface area contributed by atoms with Gasteiger partial charge < -0.3 is 9.30 Å². The van der Waals surface area contributed by atoms with Gasteiger partial charge in [-0.05, 0) is 35.2 Å². The molecular weight excluding hydrogens is 290 g/mol. The first-order chi connectivity index (χ1) is 10.9. The monoisotopic (exact) mass is 313 g/mol. The Bertz CT molecular complexity index is 679. The molecule has 0 spiro atoms. The van der Waals surface area contributed by atoms with E-state index >= 15 is 0 Å². The summed E-state index contributed by atoms with van der Waals surface area (Å²) in [6, 6.07) is 11.6. The third kappa shape index (κ3) is 4.98. The first-order valence-electron chi connectivity index (χ1n) is 7.53. The lowest BCUT2D eigenvalue weighted by molar-refractivity contribution is -0.123. The molecule has 1 heterocycles. The summed E-state index contributed by atoms with van der Waals surface area (Å²) < 4.78 is 7.36. The van der Waals surface area contributed by atoms with Crippen LogP contribution in [0.25, 0.3) is 0 Å². The number of amides is 1. The first-order valence-corrected chi connectivity index (χ1v) is 7.53. The molecule has 1 aromatic heterocycles. The maximum Gasteiger partial charge on any atom is 0.277 e. The van der Waals surface area contributed by atoms with Crippen LogP contribution in [0.5, 0.6) is 5.75 Å². The molecule has 0 saturated heterocycles. The zero-order chi connectivity index (χ0) is 16.9. The second kappa shape index (κ2) is 7.13. The van der Waals surface area contributed by atoms with Crippen LogP contribution in [0.4, 0.5) is 0 Å². The molecule has 0 aliphatic carbocycles. The first kappa shape index (κ1) is 16.8. The van der Waals surface area contributed by atoms with E-state index in [-0.39, 0.29) is 17.9 Å². The number of rotatable bonds is 5. The van der Waals surface area contributed by atoms with Gasteiger partial charge in [0.15, 0.2) is 6.61 Å². The minimum absolute atomic E-state index is 0.0701. The van der Waals surface area contributed by atoms with Crippen LogP contribution in [-0.2, 0) is 17.3 Å². The van der Waals surface area contributed by atoms with Crippen LogP contribution in [0.15, 0.2) is 47.7 Å². The number of aryl methyl sites for hydroxylation is 1. The van der Waals surface area contributed by atoms with Crippen molar-refractivity contribution in [2.45, 2.75) is 26.2 Å². The van der Waals surface area contributed by atoms with Crippen LogP contribution < -0.4 is 10.2 Å². The predicted molar refractivity (Wildman–Crippen MR) is 91.8 cm³/mol. The van der Waals surface area contributed by atoms with Crippen LogP contribution in [0, 0.1) is 0 Å². The maximum atomic E-state index is 11.7. The summed E-state index contributed by atoms with van der Waals surface area (Å²) in [5, 5.41) is 3.91. The topological polar surface area (TPSA) is 55.6 Å². The minimum Gasteiger partial charge on any atom is -0.484 e. The van der Waals surface area contributed by atoms with E-state index in [0.29, 0.717) is 5.75 Å². The van der Waals surface area contributed by atoms with E-state index in [1.165, 1.54) is 5.56 Å². The fourth-order valence-corrected chi connectivity index (χ4v) is 2.01. The highest BCUT2D eigenvalue weighted by Gasteiger charge is 2.13. The number of aromatic nitrogens is 1. The van der Waals surface area contributed by atoms with E-state index in [1.807, 2.05) is 54.2 Å². The lowest BCUT2D eigenvalue weighted by atomic mass is 9.87. The van der Waals surface area contributed by atoms with Crippen molar-refractivity contribution in [2.75, 3.05) is 6.61 Å². The highest BCUT2D eigenvalue weighted by atomic mass is 16.5. The molecule has 1 amide bonds. The molecule has 0 saturated carbocycles. The fourth-order valence-electron chi connectivity index (χ4n) is 2.01. The van der Waals surface area contributed by atoms with Crippen molar-refractivity contribution in [3.8, 4) is 5.75 Å². The highest BCUT2D eigenvalue weighted by Crippen LogP contribution is 2.24. The Hall–Kier alpha value is -2.56. The van der Waals surface area contributed by atoms with Crippen molar-refractivity contribution in [1.29, 1.82) is 0 Å². The molecule has 0 fully saturated rings. The van der Waals surface area contributed by atoms with E-state index in [4.69, 9.17) is 4.74 Å². The van der Waals surface area contributed by atoms with Crippen molar-refractivity contribution in [3.05, 3.63) is 53.9 Å². The SMILES string of the molecule is Cn1cccc1/C=N/NC(=O)COc1ccc(C(C)(C)C)cc1. The van der Waals surface area contributed by atoms with Crippen molar-refractivity contribution >= 4 is 12.1 Å². The Morgan fingerprint density at radius 2 is 1.96 bits per heavy atom. The summed E-state index contributed by atoms with van der Waals surface area (Å²) in [5.41, 5.74) is 4.68. The minimum atomic E-state index is -0.296. The number of nitrogens with zero attached hydrogens (tertiary/aromatic N) is 2. The molecule has 0 atom stereocenters. The lowest BCUT2D eigenvalue weighted by Gasteiger charge is -2.19. The zero-order valence-electron chi connectivity index (χ0n) is 14.0.